The van der Waals surface area contributed by atoms with E-state index in [2.05, 4.69) is 5.73 Å². The molecule has 0 saturated carbocycles. The van der Waals surface area contributed by atoms with E-state index in [-0.39, 0.29) is 0 Å². The number of carbonyl (C=O) groups excluding carboxylic acids is 1. The quantitative estimate of drug-likeness (QED) is 0.603. The number of carbonyl (C=O) groups is 1. The predicted octanol–water partition coefficient (Wildman–Crippen LogP) is 0.151. The van der Waals surface area contributed by atoms with Crippen molar-refractivity contribution in [3.63, 3.8) is 0 Å². The monoisotopic (exact) mass is 153 g/mol. The van der Waals surface area contributed by atoms with E-state index in [1.807, 2.05) is 36.4 Å². The SMILES string of the molecule is NC(=O)CO.c1ccccc1. The summed E-state index contributed by atoms with van der Waals surface area (Å²) >= 11 is 0. The second-order valence-corrected chi connectivity index (χ2v) is 1.78. The number of aliphatic hydroxyl groups is 1. The Balaban J connectivity index is 0.000000187. The summed E-state index contributed by atoms with van der Waals surface area (Å²) in [6, 6.07) is 12.0. The highest BCUT2D eigenvalue weighted by atomic mass is 16.3. The van der Waals surface area contributed by atoms with E-state index in [0.29, 0.717) is 0 Å². The maximum absolute atomic E-state index is 9.34. The number of rotatable bonds is 1. The molecular formula is C8H11NO2. The second-order valence-electron chi connectivity index (χ2n) is 1.78. The molecule has 1 rings (SSSR count). The van der Waals surface area contributed by atoms with Crippen LogP contribution in [0.2, 0.25) is 0 Å². The molecule has 0 aromatic heterocycles. The number of primary amides is 1. The molecule has 3 nitrogen and oxygen atoms in total. The van der Waals surface area contributed by atoms with Gasteiger partial charge in [0.25, 0.3) is 0 Å². The molecule has 11 heavy (non-hydrogen) atoms. The number of hydrogen-bond acceptors (Lipinski definition) is 2. The third-order valence-electron chi connectivity index (χ3n) is 0.823. The van der Waals surface area contributed by atoms with Crippen molar-refractivity contribution >= 4 is 5.91 Å². The van der Waals surface area contributed by atoms with Gasteiger partial charge in [-0.2, -0.15) is 0 Å². The molecular weight excluding hydrogens is 142 g/mol. The van der Waals surface area contributed by atoms with Gasteiger partial charge < -0.3 is 10.8 Å². The molecule has 0 heterocycles. The van der Waals surface area contributed by atoms with Crippen LogP contribution in [0.4, 0.5) is 0 Å². The summed E-state index contributed by atoms with van der Waals surface area (Å²) in [6.07, 6.45) is 0. The zero-order valence-corrected chi connectivity index (χ0v) is 6.10. The topological polar surface area (TPSA) is 63.3 Å². The minimum Gasteiger partial charge on any atom is -0.387 e. The van der Waals surface area contributed by atoms with Crippen LogP contribution in [-0.4, -0.2) is 17.6 Å². The van der Waals surface area contributed by atoms with Crippen molar-refractivity contribution in [3.8, 4) is 0 Å². The minimum atomic E-state index is -0.690. The van der Waals surface area contributed by atoms with Crippen LogP contribution in [-0.2, 0) is 4.79 Å². The Morgan fingerprint density at radius 1 is 1.09 bits per heavy atom. The van der Waals surface area contributed by atoms with Gasteiger partial charge in [-0.25, -0.2) is 0 Å². The molecule has 1 aromatic rings. The fourth-order valence-corrected chi connectivity index (χ4v) is 0.385. The molecule has 0 fully saturated rings. The average molecular weight is 153 g/mol. The van der Waals surface area contributed by atoms with Gasteiger partial charge in [-0.15, -0.1) is 0 Å². The van der Waals surface area contributed by atoms with Crippen molar-refractivity contribution in [3.05, 3.63) is 36.4 Å². The molecule has 0 aliphatic carbocycles. The smallest absolute Gasteiger partial charge is 0.243 e. The molecule has 0 bridgehead atoms. The van der Waals surface area contributed by atoms with E-state index in [4.69, 9.17) is 5.11 Å². The summed E-state index contributed by atoms with van der Waals surface area (Å²) < 4.78 is 0. The lowest BCUT2D eigenvalue weighted by atomic mass is 10.4. The minimum absolute atomic E-state index is 0.556. The van der Waals surface area contributed by atoms with Crippen molar-refractivity contribution in [2.75, 3.05) is 6.61 Å². The maximum Gasteiger partial charge on any atom is 0.243 e. The molecule has 3 N–H and O–H groups in total. The first kappa shape index (κ1) is 9.65. The largest absolute Gasteiger partial charge is 0.387 e. The van der Waals surface area contributed by atoms with Crippen molar-refractivity contribution in [1.29, 1.82) is 0 Å². The molecule has 60 valence electrons. The van der Waals surface area contributed by atoms with Gasteiger partial charge >= 0.3 is 0 Å². The number of benzene rings is 1. The lowest BCUT2D eigenvalue weighted by Crippen LogP contribution is -2.14. The third-order valence-corrected chi connectivity index (χ3v) is 0.823. The summed E-state index contributed by atoms with van der Waals surface area (Å²) in [5.41, 5.74) is 4.40. The Bertz CT molecular complexity index is 160. The van der Waals surface area contributed by atoms with Crippen LogP contribution < -0.4 is 5.73 Å². The predicted molar refractivity (Wildman–Crippen MR) is 42.7 cm³/mol. The molecule has 0 saturated heterocycles. The van der Waals surface area contributed by atoms with Crippen LogP contribution in [0, 0.1) is 0 Å². The van der Waals surface area contributed by atoms with Gasteiger partial charge in [0.05, 0.1) is 0 Å². The normalized spacial score (nSPS) is 7.73. The van der Waals surface area contributed by atoms with Crippen LogP contribution in [0.3, 0.4) is 0 Å². The van der Waals surface area contributed by atoms with Gasteiger partial charge in [0.2, 0.25) is 5.91 Å². The fraction of sp³-hybridized carbons (Fsp3) is 0.125. The summed E-state index contributed by atoms with van der Waals surface area (Å²) in [6.45, 7) is -0.556. The summed E-state index contributed by atoms with van der Waals surface area (Å²) in [4.78, 5) is 9.34. The highest BCUT2D eigenvalue weighted by molar-refractivity contribution is 5.74. The summed E-state index contributed by atoms with van der Waals surface area (Å²) in [7, 11) is 0. The highest BCUT2D eigenvalue weighted by Crippen LogP contribution is 1.79. The first-order valence-corrected chi connectivity index (χ1v) is 3.16. The van der Waals surface area contributed by atoms with Gasteiger partial charge in [-0.3, -0.25) is 4.79 Å². The second kappa shape index (κ2) is 6.77. The highest BCUT2D eigenvalue weighted by Gasteiger charge is 1.78. The Morgan fingerprint density at radius 2 is 1.27 bits per heavy atom. The van der Waals surface area contributed by atoms with Gasteiger partial charge in [-0.1, -0.05) is 36.4 Å². The molecule has 1 amide bonds. The van der Waals surface area contributed by atoms with Gasteiger partial charge in [0.1, 0.15) is 6.61 Å². The molecule has 1 aromatic carbocycles. The average Bonchev–Trinajstić information content (AvgIpc) is 2.09. The Labute approximate surface area is 65.5 Å². The fourth-order valence-electron chi connectivity index (χ4n) is 0.385. The van der Waals surface area contributed by atoms with Gasteiger partial charge in [0, 0.05) is 0 Å². The summed E-state index contributed by atoms with van der Waals surface area (Å²) in [5.74, 6) is -0.690. The molecule has 0 aliphatic heterocycles. The van der Waals surface area contributed by atoms with E-state index < -0.39 is 12.5 Å². The molecule has 0 atom stereocenters. The van der Waals surface area contributed by atoms with Crippen LogP contribution in [0.5, 0.6) is 0 Å². The molecule has 0 spiro atoms. The Kier molecular flexibility index (Phi) is 5.94. The van der Waals surface area contributed by atoms with Crippen molar-refractivity contribution < 1.29 is 9.90 Å². The third kappa shape index (κ3) is 8.65. The van der Waals surface area contributed by atoms with Crippen molar-refractivity contribution in [2.24, 2.45) is 5.73 Å². The lowest BCUT2D eigenvalue weighted by molar-refractivity contribution is -0.120. The van der Waals surface area contributed by atoms with Crippen LogP contribution >= 0.6 is 0 Å². The number of aliphatic hydroxyl groups excluding tert-OH is 1. The zero-order valence-electron chi connectivity index (χ0n) is 6.10. The standard InChI is InChI=1S/C6H6.C2H5NO2/c1-2-4-6-5-3-1;3-2(5)1-4/h1-6H;4H,1H2,(H2,3,5). The van der Waals surface area contributed by atoms with Crippen molar-refractivity contribution in [2.45, 2.75) is 0 Å². The van der Waals surface area contributed by atoms with Crippen LogP contribution in [0.25, 0.3) is 0 Å². The van der Waals surface area contributed by atoms with Gasteiger partial charge in [-0.05, 0) is 0 Å². The molecule has 0 aliphatic rings. The molecule has 0 radical (unpaired) electrons. The first-order chi connectivity index (χ1) is 5.27. The van der Waals surface area contributed by atoms with E-state index in [9.17, 15) is 4.79 Å². The van der Waals surface area contributed by atoms with E-state index >= 15 is 0 Å². The Hall–Kier alpha value is -1.35. The molecule has 0 unspecified atom stereocenters. The van der Waals surface area contributed by atoms with E-state index in [1.165, 1.54) is 0 Å². The lowest BCUT2D eigenvalue weighted by Gasteiger charge is -1.73. The first-order valence-electron chi connectivity index (χ1n) is 3.16. The van der Waals surface area contributed by atoms with Crippen LogP contribution in [0.1, 0.15) is 0 Å². The van der Waals surface area contributed by atoms with Gasteiger partial charge in [0.15, 0.2) is 0 Å². The van der Waals surface area contributed by atoms with E-state index in [0.717, 1.165) is 0 Å². The summed E-state index contributed by atoms with van der Waals surface area (Å²) in [5, 5.41) is 7.67. The van der Waals surface area contributed by atoms with Crippen LogP contribution in [0.15, 0.2) is 36.4 Å². The zero-order chi connectivity index (χ0) is 8.53. The van der Waals surface area contributed by atoms with Crippen molar-refractivity contribution in [1.82, 2.24) is 0 Å². The number of hydrogen-bond donors (Lipinski definition) is 2. The number of nitrogens with two attached hydrogens (primary N) is 1. The number of amides is 1. The Morgan fingerprint density at radius 3 is 1.36 bits per heavy atom. The molecule has 3 heteroatoms. The van der Waals surface area contributed by atoms with E-state index in [1.54, 1.807) is 0 Å². The maximum atomic E-state index is 9.34.